The molecule has 1 aromatic rings. The normalized spacial score (nSPS) is 21.4. The molecule has 1 atom stereocenters. The Hall–Kier alpha value is -1.59. The molecule has 2 fully saturated rings. The molecule has 1 saturated carbocycles. The Morgan fingerprint density at radius 2 is 2.23 bits per heavy atom. The number of benzene rings is 1. The lowest BCUT2D eigenvalue weighted by molar-refractivity contribution is -0.136. The third kappa shape index (κ3) is 3.78. The van der Waals surface area contributed by atoms with Crippen molar-refractivity contribution in [3.05, 3.63) is 29.8 Å². The van der Waals surface area contributed by atoms with Gasteiger partial charge in [-0.05, 0) is 18.9 Å². The van der Waals surface area contributed by atoms with Crippen molar-refractivity contribution in [1.82, 2.24) is 10.2 Å². The van der Waals surface area contributed by atoms with Gasteiger partial charge in [0.1, 0.15) is 5.75 Å². The van der Waals surface area contributed by atoms with Crippen LogP contribution in [0.2, 0.25) is 0 Å². The standard InChI is InChI=1S/C17H24N2O3/c1-21-16-5-3-2-4-13(16)12-19(14-6-7-14)17(20)10-15-11-18-8-9-22-15/h2-5,14-15,18H,6-12H2,1H3. The average Bonchev–Trinajstić information content (AvgIpc) is 3.38. The van der Waals surface area contributed by atoms with Crippen molar-refractivity contribution in [3.63, 3.8) is 0 Å². The molecule has 1 aromatic carbocycles. The predicted molar refractivity (Wildman–Crippen MR) is 83.8 cm³/mol. The van der Waals surface area contributed by atoms with Gasteiger partial charge in [-0.1, -0.05) is 18.2 Å². The monoisotopic (exact) mass is 304 g/mol. The number of hydrogen-bond donors (Lipinski definition) is 1. The number of methoxy groups -OCH3 is 1. The number of nitrogens with zero attached hydrogens (tertiary/aromatic N) is 1. The number of nitrogens with one attached hydrogen (secondary N) is 1. The molecule has 5 heteroatoms. The smallest absolute Gasteiger partial charge is 0.225 e. The first kappa shape index (κ1) is 15.3. The summed E-state index contributed by atoms with van der Waals surface area (Å²) in [4.78, 5) is 14.7. The van der Waals surface area contributed by atoms with Crippen LogP contribution in [0.3, 0.4) is 0 Å². The first-order valence-corrected chi connectivity index (χ1v) is 8.01. The second-order valence-electron chi connectivity index (χ2n) is 5.97. The number of amides is 1. The minimum Gasteiger partial charge on any atom is -0.496 e. The molecule has 0 bridgehead atoms. The molecular formula is C17H24N2O3. The predicted octanol–water partition coefficient (Wildman–Crippen LogP) is 1.56. The number of morpholine rings is 1. The van der Waals surface area contributed by atoms with Crippen LogP contribution in [0.1, 0.15) is 24.8 Å². The molecule has 0 spiro atoms. The third-order valence-electron chi connectivity index (χ3n) is 4.25. The Morgan fingerprint density at radius 1 is 1.41 bits per heavy atom. The zero-order chi connectivity index (χ0) is 15.4. The Bertz CT molecular complexity index is 510. The minimum absolute atomic E-state index is 0.000156. The molecule has 0 aromatic heterocycles. The van der Waals surface area contributed by atoms with Gasteiger partial charge in [-0.2, -0.15) is 0 Å². The lowest BCUT2D eigenvalue weighted by atomic mass is 10.1. The zero-order valence-corrected chi connectivity index (χ0v) is 13.1. The Balaban J connectivity index is 1.65. The molecule has 1 aliphatic heterocycles. The van der Waals surface area contributed by atoms with Crippen molar-refractivity contribution >= 4 is 5.91 Å². The summed E-state index contributed by atoms with van der Waals surface area (Å²) in [6.07, 6.45) is 2.66. The van der Waals surface area contributed by atoms with Gasteiger partial charge in [0.15, 0.2) is 0 Å². The van der Waals surface area contributed by atoms with Crippen molar-refractivity contribution in [3.8, 4) is 5.75 Å². The molecule has 1 saturated heterocycles. The van der Waals surface area contributed by atoms with Crippen LogP contribution in [-0.4, -0.2) is 49.8 Å². The van der Waals surface area contributed by atoms with Gasteiger partial charge in [-0.15, -0.1) is 0 Å². The van der Waals surface area contributed by atoms with E-state index in [4.69, 9.17) is 9.47 Å². The number of carbonyl (C=O) groups is 1. The van der Waals surface area contributed by atoms with Crippen LogP contribution in [0.25, 0.3) is 0 Å². The van der Waals surface area contributed by atoms with E-state index < -0.39 is 0 Å². The molecule has 3 rings (SSSR count). The second kappa shape index (κ2) is 7.11. The lowest BCUT2D eigenvalue weighted by Gasteiger charge is -2.28. The molecule has 2 aliphatic rings. The topological polar surface area (TPSA) is 50.8 Å². The first-order chi connectivity index (χ1) is 10.8. The molecule has 1 amide bonds. The van der Waals surface area contributed by atoms with Gasteiger partial charge in [0, 0.05) is 31.2 Å². The second-order valence-corrected chi connectivity index (χ2v) is 5.97. The summed E-state index contributed by atoms with van der Waals surface area (Å²) in [7, 11) is 1.67. The van der Waals surface area contributed by atoms with Crippen LogP contribution >= 0.6 is 0 Å². The maximum Gasteiger partial charge on any atom is 0.225 e. The highest BCUT2D eigenvalue weighted by Gasteiger charge is 2.34. The molecule has 5 nitrogen and oxygen atoms in total. The van der Waals surface area contributed by atoms with Crippen LogP contribution in [-0.2, 0) is 16.1 Å². The van der Waals surface area contributed by atoms with Crippen LogP contribution in [0.4, 0.5) is 0 Å². The van der Waals surface area contributed by atoms with E-state index in [-0.39, 0.29) is 12.0 Å². The molecule has 1 aliphatic carbocycles. The molecule has 1 N–H and O–H groups in total. The fraction of sp³-hybridized carbons (Fsp3) is 0.588. The molecule has 22 heavy (non-hydrogen) atoms. The number of ether oxygens (including phenoxy) is 2. The van der Waals surface area contributed by atoms with Crippen LogP contribution in [0.15, 0.2) is 24.3 Å². The van der Waals surface area contributed by atoms with E-state index in [1.165, 1.54) is 0 Å². The highest BCUT2D eigenvalue weighted by atomic mass is 16.5. The van der Waals surface area contributed by atoms with E-state index in [1.54, 1.807) is 7.11 Å². The first-order valence-electron chi connectivity index (χ1n) is 8.01. The van der Waals surface area contributed by atoms with Crippen LogP contribution in [0, 0.1) is 0 Å². The van der Waals surface area contributed by atoms with Crippen LogP contribution in [0.5, 0.6) is 5.75 Å². The Kier molecular flexibility index (Phi) is 4.95. The largest absolute Gasteiger partial charge is 0.496 e. The van der Waals surface area contributed by atoms with Gasteiger partial charge in [-0.3, -0.25) is 4.79 Å². The summed E-state index contributed by atoms with van der Waals surface area (Å²) in [5, 5.41) is 3.28. The molecule has 1 heterocycles. The van der Waals surface area contributed by atoms with E-state index in [2.05, 4.69) is 5.32 Å². The number of hydrogen-bond acceptors (Lipinski definition) is 4. The van der Waals surface area contributed by atoms with Crippen LogP contribution < -0.4 is 10.1 Å². The van der Waals surface area contributed by atoms with Crippen molar-refractivity contribution in [2.45, 2.75) is 38.0 Å². The maximum atomic E-state index is 12.7. The van der Waals surface area contributed by atoms with Gasteiger partial charge in [0.05, 0.1) is 26.2 Å². The SMILES string of the molecule is COc1ccccc1CN(C(=O)CC1CNCCO1)C1CC1. The van der Waals surface area contributed by atoms with E-state index >= 15 is 0 Å². The number of para-hydroxylation sites is 1. The third-order valence-corrected chi connectivity index (χ3v) is 4.25. The Labute approximate surface area is 131 Å². The van der Waals surface area contributed by atoms with Gasteiger partial charge in [0.2, 0.25) is 5.91 Å². The van der Waals surface area contributed by atoms with E-state index in [0.717, 1.165) is 37.2 Å². The highest BCUT2D eigenvalue weighted by molar-refractivity contribution is 5.77. The van der Waals surface area contributed by atoms with E-state index in [0.29, 0.717) is 25.6 Å². The summed E-state index contributed by atoms with van der Waals surface area (Å²) in [6, 6.07) is 8.29. The summed E-state index contributed by atoms with van der Waals surface area (Å²) in [5.41, 5.74) is 1.06. The molecule has 0 radical (unpaired) electrons. The number of carbonyl (C=O) groups excluding carboxylic acids is 1. The molecular weight excluding hydrogens is 280 g/mol. The minimum atomic E-state index is 0.000156. The van der Waals surface area contributed by atoms with Crippen molar-refractivity contribution < 1.29 is 14.3 Å². The number of rotatable bonds is 6. The molecule has 1 unspecified atom stereocenters. The van der Waals surface area contributed by atoms with E-state index in [1.807, 2.05) is 29.2 Å². The summed E-state index contributed by atoms with van der Waals surface area (Å²) in [5.74, 6) is 1.03. The summed E-state index contributed by atoms with van der Waals surface area (Å²) < 4.78 is 11.1. The fourth-order valence-electron chi connectivity index (χ4n) is 2.89. The Morgan fingerprint density at radius 3 is 2.91 bits per heavy atom. The summed E-state index contributed by atoms with van der Waals surface area (Å²) >= 11 is 0. The van der Waals surface area contributed by atoms with Gasteiger partial charge >= 0.3 is 0 Å². The molecule has 120 valence electrons. The average molecular weight is 304 g/mol. The van der Waals surface area contributed by atoms with Crippen molar-refractivity contribution in [2.24, 2.45) is 0 Å². The van der Waals surface area contributed by atoms with Gasteiger partial charge in [0.25, 0.3) is 0 Å². The summed E-state index contributed by atoms with van der Waals surface area (Å²) in [6.45, 7) is 2.94. The van der Waals surface area contributed by atoms with E-state index in [9.17, 15) is 4.79 Å². The zero-order valence-electron chi connectivity index (χ0n) is 13.1. The highest BCUT2D eigenvalue weighted by Crippen LogP contribution is 2.31. The van der Waals surface area contributed by atoms with Gasteiger partial charge in [-0.25, -0.2) is 0 Å². The van der Waals surface area contributed by atoms with Crippen molar-refractivity contribution in [2.75, 3.05) is 26.8 Å². The maximum absolute atomic E-state index is 12.7. The van der Waals surface area contributed by atoms with Crippen molar-refractivity contribution in [1.29, 1.82) is 0 Å². The van der Waals surface area contributed by atoms with Gasteiger partial charge < -0.3 is 19.7 Å². The fourth-order valence-corrected chi connectivity index (χ4v) is 2.89. The quantitative estimate of drug-likeness (QED) is 0.866. The lowest BCUT2D eigenvalue weighted by Crippen LogP contribution is -2.42.